The number of carbonyl (C=O) groups excluding carboxylic acids is 1. The molecule has 1 unspecified atom stereocenters. The molecule has 1 aromatic rings. The Kier molecular flexibility index (Phi) is 7.83. The van der Waals surface area contributed by atoms with E-state index in [1.54, 1.807) is 11.8 Å². The van der Waals surface area contributed by atoms with Crippen molar-refractivity contribution in [3.63, 3.8) is 0 Å². The highest BCUT2D eigenvalue weighted by Gasteiger charge is 2.26. The van der Waals surface area contributed by atoms with Crippen LogP contribution in [0.5, 0.6) is 0 Å². The fourth-order valence-corrected chi connectivity index (χ4v) is 4.98. The molecule has 0 aliphatic heterocycles. The van der Waals surface area contributed by atoms with E-state index in [0.717, 1.165) is 29.5 Å². The Balaban J connectivity index is 1.77. The fourth-order valence-electron chi connectivity index (χ4n) is 2.98. The number of thioether (sulfide) groups is 1. The van der Waals surface area contributed by atoms with E-state index >= 15 is 0 Å². The molecule has 130 valence electrons. The van der Waals surface area contributed by atoms with Gasteiger partial charge in [-0.05, 0) is 38.0 Å². The van der Waals surface area contributed by atoms with Gasteiger partial charge < -0.3 is 5.32 Å². The number of rotatable bonds is 8. The number of hydrogen-bond donors (Lipinski definition) is 1. The van der Waals surface area contributed by atoms with Gasteiger partial charge in [-0.3, -0.25) is 4.79 Å². The summed E-state index contributed by atoms with van der Waals surface area (Å²) in [7, 11) is 0. The van der Waals surface area contributed by atoms with Gasteiger partial charge in [-0.25, -0.2) is 0 Å². The molecular formula is C17H29N3OS2. The van der Waals surface area contributed by atoms with E-state index < -0.39 is 0 Å². The molecule has 1 saturated carbocycles. The van der Waals surface area contributed by atoms with Crippen LogP contribution in [0.2, 0.25) is 0 Å². The molecule has 0 saturated heterocycles. The fraction of sp³-hybridized carbons (Fsp3) is 0.824. The van der Waals surface area contributed by atoms with Gasteiger partial charge >= 0.3 is 0 Å². The maximum absolute atomic E-state index is 12.4. The first-order valence-electron chi connectivity index (χ1n) is 8.93. The van der Waals surface area contributed by atoms with Gasteiger partial charge in [0.05, 0.1) is 0 Å². The van der Waals surface area contributed by atoms with Gasteiger partial charge in [0, 0.05) is 11.2 Å². The minimum absolute atomic E-state index is 0.134. The van der Waals surface area contributed by atoms with Crippen LogP contribution in [0.3, 0.4) is 0 Å². The molecule has 1 fully saturated rings. The number of anilines is 1. The minimum Gasteiger partial charge on any atom is -0.300 e. The van der Waals surface area contributed by atoms with Crippen molar-refractivity contribution in [1.82, 2.24) is 10.2 Å². The van der Waals surface area contributed by atoms with Crippen LogP contribution in [-0.4, -0.2) is 21.4 Å². The number of carbonyl (C=O) groups is 1. The molecule has 1 aliphatic rings. The van der Waals surface area contributed by atoms with Crippen molar-refractivity contribution >= 4 is 34.1 Å². The Morgan fingerprint density at radius 2 is 2.04 bits per heavy atom. The third-order valence-electron chi connectivity index (χ3n) is 4.70. The lowest BCUT2D eigenvalue weighted by Gasteiger charge is -2.27. The van der Waals surface area contributed by atoms with E-state index in [4.69, 9.17) is 0 Å². The van der Waals surface area contributed by atoms with Crippen molar-refractivity contribution in [2.45, 2.75) is 81.7 Å². The molecule has 2 rings (SSSR count). The van der Waals surface area contributed by atoms with Crippen LogP contribution in [0.1, 0.15) is 72.1 Å². The summed E-state index contributed by atoms with van der Waals surface area (Å²) in [6, 6.07) is 0. The molecule has 0 spiro atoms. The average molecular weight is 356 g/mol. The van der Waals surface area contributed by atoms with E-state index in [0.29, 0.717) is 10.4 Å². The smallest absolute Gasteiger partial charge is 0.229 e. The van der Waals surface area contributed by atoms with Gasteiger partial charge in [0.25, 0.3) is 0 Å². The van der Waals surface area contributed by atoms with Crippen molar-refractivity contribution < 1.29 is 4.79 Å². The SMILES string of the molecule is CCCCC1CCC(C(=O)Nc2nnc(SC(C)CC)s2)CC1. The molecule has 1 aliphatic carbocycles. The quantitative estimate of drug-likeness (QED) is 0.503. The summed E-state index contributed by atoms with van der Waals surface area (Å²) >= 11 is 3.22. The van der Waals surface area contributed by atoms with Crippen LogP contribution in [0.4, 0.5) is 5.13 Å². The third-order valence-corrected chi connectivity index (χ3v) is 6.89. The predicted octanol–water partition coefficient (Wildman–Crippen LogP) is 5.36. The zero-order chi connectivity index (χ0) is 16.7. The highest BCUT2D eigenvalue weighted by atomic mass is 32.2. The van der Waals surface area contributed by atoms with E-state index in [-0.39, 0.29) is 11.8 Å². The first-order valence-corrected chi connectivity index (χ1v) is 10.6. The normalized spacial score (nSPS) is 22.7. The molecule has 0 bridgehead atoms. The summed E-state index contributed by atoms with van der Waals surface area (Å²) in [6.45, 7) is 6.59. The monoisotopic (exact) mass is 355 g/mol. The lowest BCUT2D eigenvalue weighted by molar-refractivity contribution is -0.121. The number of hydrogen-bond acceptors (Lipinski definition) is 5. The second-order valence-electron chi connectivity index (χ2n) is 6.56. The van der Waals surface area contributed by atoms with Gasteiger partial charge in [0.15, 0.2) is 4.34 Å². The lowest BCUT2D eigenvalue weighted by atomic mass is 9.79. The molecule has 1 heterocycles. The van der Waals surface area contributed by atoms with E-state index in [1.807, 2.05) is 0 Å². The standard InChI is InChI=1S/C17H29N3OS2/c1-4-6-7-13-8-10-14(11-9-13)15(21)18-16-19-20-17(23-16)22-12(3)5-2/h12-14H,4-11H2,1-3H3,(H,18,19,21). The molecule has 1 amide bonds. The second-order valence-corrected chi connectivity index (χ2v) is 9.22. The van der Waals surface area contributed by atoms with Crippen molar-refractivity contribution in [2.24, 2.45) is 11.8 Å². The Labute approximate surface area is 148 Å². The highest BCUT2D eigenvalue weighted by Crippen LogP contribution is 2.34. The molecule has 0 radical (unpaired) electrons. The number of unbranched alkanes of at least 4 members (excludes halogenated alkanes) is 1. The van der Waals surface area contributed by atoms with Gasteiger partial charge in [-0.2, -0.15) is 0 Å². The Bertz CT molecular complexity index is 484. The second kappa shape index (κ2) is 9.62. The molecule has 23 heavy (non-hydrogen) atoms. The number of aromatic nitrogens is 2. The Hall–Kier alpha value is -0.620. The summed E-state index contributed by atoms with van der Waals surface area (Å²) in [4.78, 5) is 12.4. The largest absolute Gasteiger partial charge is 0.300 e. The third kappa shape index (κ3) is 6.07. The number of nitrogens with one attached hydrogen (secondary N) is 1. The van der Waals surface area contributed by atoms with Crippen molar-refractivity contribution in [3.8, 4) is 0 Å². The van der Waals surface area contributed by atoms with Gasteiger partial charge in [-0.15, -0.1) is 10.2 Å². The Morgan fingerprint density at radius 1 is 1.30 bits per heavy atom. The van der Waals surface area contributed by atoms with Crippen LogP contribution < -0.4 is 5.32 Å². The Morgan fingerprint density at radius 3 is 2.70 bits per heavy atom. The average Bonchev–Trinajstić information content (AvgIpc) is 3.00. The molecule has 1 aromatic heterocycles. The van der Waals surface area contributed by atoms with Crippen molar-refractivity contribution in [2.75, 3.05) is 5.32 Å². The zero-order valence-electron chi connectivity index (χ0n) is 14.5. The van der Waals surface area contributed by atoms with Crippen LogP contribution in [0.15, 0.2) is 4.34 Å². The van der Waals surface area contributed by atoms with Crippen molar-refractivity contribution in [3.05, 3.63) is 0 Å². The summed E-state index contributed by atoms with van der Waals surface area (Å²) < 4.78 is 0.943. The summed E-state index contributed by atoms with van der Waals surface area (Å²) in [5, 5.41) is 12.4. The number of nitrogens with zero attached hydrogens (tertiary/aromatic N) is 2. The summed E-state index contributed by atoms with van der Waals surface area (Å²) in [5.41, 5.74) is 0. The van der Waals surface area contributed by atoms with Crippen LogP contribution in [0, 0.1) is 11.8 Å². The van der Waals surface area contributed by atoms with Crippen LogP contribution >= 0.6 is 23.1 Å². The molecule has 0 aromatic carbocycles. The van der Waals surface area contributed by atoms with Crippen LogP contribution in [0.25, 0.3) is 0 Å². The summed E-state index contributed by atoms with van der Waals surface area (Å²) in [5.74, 6) is 1.12. The van der Waals surface area contributed by atoms with Gasteiger partial charge in [0.1, 0.15) is 0 Å². The van der Waals surface area contributed by atoms with E-state index in [9.17, 15) is 4.79 Å². The van der Waals surface area contributed by atoms with Gasteiger partial charge in [-0.1, -0.05) is 63.1 Å². The zero-order valence-corrected chi connectivity index (χ0v) is 16.1. The molecule has 1 N–H and O–H groups in total. The van der Waals surface area contributed by atoms with E-state index in [1.165, 1.54) is 43.4 Å². The molecule has 6 heteroatoms. The topological polar surface area (TPSA) is 54.9 Å². The first kappa shape index (κ1) is 18.7. The molecule has 4 nitrogen and oxygen atoms in total. The number of amides is 1. The first-order chi connectivity index (χ1) is 11.1. The maximum atomic E-state index is 12.4. The van der Waals surface area contributed by atoms with Gasteiger partial charge in [0.2, 0.25) is 11.0 Å². The molecule has 1 atom stereocenters. The predicted molar refractivity (Wildman–Crippen MR) is 99.1 cm³/mol. The van der Waals surface area contributed by atoms with Crippen molar-refractivity contribution in [1.29, 1.82) is 0 Å². The molecular weight excluding hydrogens is 326 g/mol. The summed E-state index contributed by atoms with van der Waals surface area (Å²) in [6.07, 6.45) is 9.47. The minimum atomic E-state index is 0.134. The van der Waals surface area contributed by atoms with Crippen LogP contribution in [-0.2, 0) is 4.79 Å². The lowest BCUT2D eigenvalue weighted by Crippen LogP contribution is -2.27. The highest BCUT2D eigenvalue weighted by molar-refractivity contribution is 8.01. The van der Waals surface area contributed by atoms with E-state index in [2.05, 4.69) is 36.3 Å². The maximum Gasteiger partial charge on any atom is 0.229 e.